The minimum Gasteiger partial charge on any atom is -0.492 e. The van der Waals surface area contributed by atoms with Gasteiger partial charge in [0.1, 0.15) is 18.1 Å². The van der Waals surface area contributed by atoms with Crippen molar-refractivity contribution in [2.45, 2.75) is 6.36 Å². The quantitative estimate of drug-likeness (QED) is 0.468. The third-order valence-electron chi connectivity index (χ3n) is 5.27. The fourth-order valence-corrected chi connectivity index (χ4v) is 3.92. The summed E-state index contributed by atoms with van der Waals surface area (Å²) < 4.78 is 54.2. The molecule has 3 aromatic rings. The molecule has 0 bridgehead atoms. The van der Waals surface area contributed by atoms with E-state index in [-0.39, 0.29) is 5.75 Å². The molecule has 0 radical (unpaired) electrons. The zero-order chi connectivity index (χ0) is 24.1. The van der Waals surface area contributed by atoms with Crippen molar-refractivity contribution in [3.05, 3.63) is 53.7 Å². The molecule has 4 rings (SSSR count). The van der Waals surface area contributed by atoms with Crippen molar-refractivity contribution in [3.8, 4) is 22.8 Å². The molecule has 0 atom stereocenters. The molecule has 2 heterocycles. The van der Waals surface area contributed by atoms with Gasteiger partial charge in [0.2, 0.25) is 0 Å². The molecular formula is C23H24ClF3N4O3. The third kappa shape index (κ3) is 6.34. The van der Waals surface area contributed by atoms with E-state index in [2.05, 4.69) is 20.1 Å². The van der Waals surface area contributed by atoms with Crippen LogP contribution in [0.4, 0.5) is 24.5 Å². The molecule has 0 aliphatic carbocycles. The molecule has 0 spiro atoms. The third-order valence-corrected chi connectivity index (χ3v) is 5.55. The summed E-state index contributed by atoms with van der Waals surface area (Å²) in [6.07, 6.45) is -3.17. The highest BCUT2D eigenvalue weighted by atomic mass is 35.5. The van der Waals surface area contributed by atoms with Crippen molar-refractivity contribution in [2.75, 3.05) is 44.8 Å². The number of nitrogens with one attached hydrogen (secondary N) is 1. The summed E-state index contributed by atoms with van der Waals surface area (Å²) in [6.45, 7) is 4.46. The van der Waals surface area contributed by atoms with Gasteiger partial charge in [-0.25, -0.2) is 0 Å². The van der Waals surface area contributed by atoms with Gasteiger partial charge in [0.05, 0.1) is 30.1 Å². The van der Waals surface area contributed by atoms with Crippen LogP contribution in [-0.4, -0.2) is 60.5 Å². The van der Waals surface area contributed by atoms with Gasteiger partial charge in [-0.1, -0.05) is 11.6 Å². The van der Waals surface area contributed by atoms with Crippen LogP contribution in [0.5, 0.6) is 11.5 Å². The van der Waals surface area contributed by atoms with Crippen LogP contribution in [-0.2, 0) is 11.8 Å². The van der Waals surface area contributed by atoms with Crippen LogP contribution in [0.15, 0.2) is 48.7 Å². The molecule has 2 aromatic carbocycles. The van der Waals surface area contributed by atoms with Crippen LogP contribution >= 0.6 is 11.6 Å². The standard InChI is InChI=1S/C23H24ClF3N4O3/c1-30-22(20(24)15-28-30)19-14-17(29-16-2-5-18(6-3-16)34-23(25,26)27)4-7-21(19)33-13-10-31-8-11-32-12-9-31/h2-7,14-15,29H,8-13H2,1H3. The number of hydrogen-bond acceptors (Lipinski definition) is 6. The number of benzene rings is 2. The Kier molecular flexibility index (Phi) is 7.50. The lowest BCUT2D eigenvalue weighted by Gasteiger charge is -2.26. The first-order valence-electron chi connectivity index (χ1n) is 10.7. The molecule has 1 aliphatic rings. The van der Waals surface area contributed by atoms with Crippen molar-refractivity contribution in [1.29, 1.82) is 0 Å². The van der Waals surface area contributed by atoms with E-state index in [4.69, 9.17) is 21.1 Å². The Hall–Kier alpha value is -2.95. The van der Waals surface area contributed by atoms with Crippen LogP contribution in [0.25, 0.3) is 11.3 Å². The Bertz CT molecular complexity index is 1080. The van der Waals surface area contributed by atoms with E-state index >= 15 is 0 Å². The number of anilines is 2. The van der Waals surface area contributed by atoms with Gasteiger partial charge in [-0.2, -0.15) is 5.10 Å². The lowest BCUT2D eigenvalue weighted by Crippen LogP contribution is -2.38. The number of aryl methyl sites for hydroxylation is 1. The second kappa shape index (κ2) is 10.5. The zero-order valence-corrected chi connectivity index (χ0v) is 19.2. The second-order valence-electron chi connectivity index (χ2n) is 7.68. The Labute approximate surface area is 200 Å². The van der Waals surface area contributed by atoms with Gasteiger partial charge in [0.25, 0.3) is 0 Å². The monoisotopic (exact) mass is 496 g/mol. The fraction of sp³-hybridized carbons (Fsp3) is 0.348. The van der Waals surface area contributed by atoms with E-state index in [0.717, 1.165) is 38.4 Å². The zero-order valence-electron chi connectivity index (χ0n) is 18.4. The first-order valence-corrected chi connectivity index (χ1v) is 11.0. The average Bonchev–Trinajstić information content (AvgIpc) is 3.13. The van der Waals surface area contributed by atoms with Gasteiger partial charge in [0.15, 0.2) is 0 Å². The normalized spacial score (nSPS) is 14.7. The molecular weight excluding hydrogens is 473 g/mol. The summed E-state index contributed by atoms with van der Waals surface area (Å²) >= 11 is 6.40. The molecule has 1 fully saturated rings. The first kappa shape index (κ1) is 24.2. The Morgan fingerprint density at radius 3 is 2.44 bits per heavy atom. The summed E-state index contributed by atoms with van der Waals surface area (Å²) in [6, 6.07) is 11.0. The van der Waals surface area contributed by atoms with Crippen LogP contribution in [0.2, 0.25) is 5.02 Å². The summed E-state index contributed by atoms with van der Waals surface area (Å²) in [5.74, 6) is 0.364. The SMILES string of the molecule is Cn1ncc(Cl)c1-c1cc(Nc2ccc(OC(F)(F)F)cc2)ccc1OCCN1CCOCC1. The maximum atomic E-state index is 12.4. The van der Waals surface area contributed by atoms with E-state index < -0.39 is 6.36 Å². The summed E-state index contributed by atoms with van der Waals surface area (Å²) in [4.78, 5) is 2.28. The maximum Gasteiger partial charge on any atom is 0.573 e. The maximum absolute atomic E-state index is 12.4. The highest BCUT2D eigenvalue weighted by Gasteiger charge is 2.31. The topological polar surface area (TPSA) is 60.8 Å². The smallest absolute Gasteiger partial charge is 0.492 e. The van der Waals surface area contributed by atoms with Gasteiger partial charge in [-0.15, -0.1) is 13.2 Å². The molecule has 1 aromatic heterocycles. The largest absolute Gasteiger partial charge is 0.573 e. The number of halogens is 4. The average molecular weight is 497 g/mol. The van der Waals surface area contributed by atoms with Crippen molar-refractivity contribution < 1.29 is 27.4 Å². The predicted molar refractivity (Wildman–Crippen MR) is 123 cm³/mol. The van der Waals surface area contributed by atoms with Gasteiger partial charge in [-0.05, 0) is 42.5 Å². The molecule has 1 saturated heterocycles. The Balaban J connectivity index is 1.52. The van der Waals surface area contributed by atoms with Crippen LogP contribution in [0.1, 0.15) is 0 Å². The first-order chi connectivity index (χ1) is 16.3. The van der Waals surface area contributed by atoms with Crippen molar-refractivity contribution >= 4 is 23.0 Å². The number of rotatable bonds is 8. The number of alkyl halides is 3. The summed E-state index contributed by atoms with van der Waals surface area (Å²) in [5.41, 5.74) is 2.74. The molecule has 11 heteroatoms. The van der Waals surface area contributed by atoms with E-state index in [0.29, 0.717) is 34.4 Å². The molecule has 7 nitrogen and oxygen atoms in total. The fourth-order valence-electron chi connectivity index (χ4n) is 3.65. The van der Waals surface area contributed by atoms with Crippen molar-refractivity contribution in [3.63, 3.8) is 0 Å². The Morgan fingerprint density at radius 1 is 1.09 bits per heavy atom. The number of aromatic nitrogens is 2. The van der Waals surface area contributed by atoms with Gasteiger partial charge in [0, 0.05) is 43.6 Å². The number of ether oxygens (including phenoxy) is 3. The van der Waals surface area contributed by atoms with E-state index in [1.807, 2.05) is 18.2 Å². The van der Waals surface area contributed by atoms with Crippen LogP contribution in [0, 0.1) is 0 Å². The molecule has 1 aliphatic heterocycles. The molecule has 0 amide bonds. The van der Waals surface area contributed by atoms with E-state index in [9.17, 15) is 13.2 Å². The van der Waals surface area contributed by atoms with Gasteiger partial charge in [-0.3, -0.25) is 9.58 Å². The summed E-state index contributed by atoms with van der Waals surface area (Å²) in [5, 5.41) is 7.88. The highest BCUT2D eigenvalue weighted by molar-refractivity contribution is 6.33. The summed E-state index contributed by atoms with van der Waals surface area (Å²) in [7, 11) is 1.79. The molecule has 182 valence electrons. The molecule has 1 N–H and O–H groups in total. The minimum atomic E-state index is -4.73. The van der Waals surface area contributed by atoms with Gasteiger partial charge >= 0.3 is 6.36 Å². The molecule has 0 saturated carbocycles. The lowest BCUT2D eigenvalue weighted by molar-refractivity contribution is -0.274. The van der Waals surface area contributed by atoms with Crippen molar-refractivity contribution in [1.82, 2.24) is 14.7 Å². The van der Waals surface area contributed by atoms with Gasteiger partial charge < -0.3 is 19.5 Å². The predicted octanol–water partition coefficient (Wildman–Crippen LogP) is 5.09. The second-order valence-corrected chi connectivity index (χ2v) is 8.08. The lowest BCUT2D eigenvalue weighted by atomic mass is 10.1. The van der Waals surface area contributed by atoms with Crippen LogP contribution in [0.3, 0.4) is 0 Å². The molecule has 34 heavy (non-hydrogen) atoms. The highest BCUT2D eigenvalue weighted by Crippen LogP contribution is 2.37. The number of morpholine rings is 1. The molecule has 0 unspecified atom stereocenters. The number of nitrogens with zero attached hydrogens (tertiary/aromatic N) is 3. The minimum absolute atomic E-state index is 0.288. The van der Waals surface area contributed by atoms with Crippen molar-refractivity contribution in [2.24, 2.45) is 7.05 Å². The number of hydrogen-bond donors (Lipinski definition) is 1. The van der Waals surface area contributed by atoms with Crippen LogP contribution < -0.4 is 14.8 Å². The van der Waals surface area contributed by atoms with E-state index in [1.54, 1.807) is 17.9 Å². The van der Waals surface area contributed by atoms with E-state index in [1.165, 1.54) is 24.3 Å². The Morgan fingerprint density at radius 2 is 1.79 bits per heavy atom.